The van der Waals surface area contributed by atoms with Crippen LogP contribution in [0.4, 0.5) is 18.9 Å². The first-order valence-corrected chi connectivity index (χ1v) is 6.31. The van der Waals surface area contributed by atoms with E-state index in [1.54, 1.807) is 0 Å². The minimum atomic E-state index is -4.43. The van der Waals surface area contributed by atoms with Gasteiger partial charge >= 0.3 is 12.1 Å². The number of nitrogens with zero attached hydrogens (tertiary/aromatic N) is 1. The summed E-state index contributed by atoms with van der Waals surface area (Å²) in [4.78, 5) is 11.8. The van der Waals surface area contributed by atoms with Gasteiger partial charge in [-0.1, -0.05) is 15.9 Å². The maximum absolute atomic E-state index is 12.9. The second-order valence-corrected chi connectivity index (χ2v) is 4.99. The van der Waals surface area contributed by atoms with Crippen LogP contribution in [0.2, 0.25) is 0 Å². The molecule has 3 nitrogen and oxygen atoms in total. The second-order valence-electron chi connectivity index (χ2n) is 4.08. The Morgan fingerprint density at radius 1 is 1.42 bits per heavy atom. The molecule has 0 aromatic heterocycles. The molecular formula is C12H13BrF3NO2. The summed E-state index contributed by atoms with van der Waals surface area (Å²) in [5, 5.41) is 8.52. The summed E-state index contributed by atoms with van der Waals surface area (Å²) in [6.45, 7) is 0.242. The molecule has 106 valence electrons. The molecule has 0 unspecified atom stereocenters. The first kappa shape index (κ1) is 15.8. The van der Waals surface area contributed by atoms with Crippen LogP contribution < -0.4 is 4.90 Å². The largest absolute Gasteiger partial charge is 0.481 e. The zero-order valence-corrected chi connectivity index (χ0v) is 11.8. The summed E-state index contributed by atoms with van der Waals surface area (Å²) < 4.78 is 39.1. The lowest BCUT2D eigenvalue weighted by atomic mass is 10.1. The van der Waals surface area contributed by atoms with Crippen LogP contribution in [0.5, 0.6) is 0 Å². The van der Waals surface area contributed by atoms with Crippen molar-refractivity contribution >= 4 is 27.6 Å². The Bertz CT molecular complexity index is 463. The van der Waals surface area contributed by atoms with Crippen LogP contribution in [-0.2, 0) is 11.0 Å². The maximum Gasteiger partial charge on any atom is 0.418 e. The summed E-state index contributed by atoms with van der Waals surface area (Å²) in [7, 11) is 1.51. The molecule has 0 heterocycles. The van der Waals surface area contributed by atoms with Gasteiger partial charge in [0.15, 0.2) is 0 Å². The van der Waals surface area contributed by atoms with Gasteiger partial charge in [0.25, 0.3) is 0 Å². The summed E-state index contributed by atoms with van der Waals surface area (Å²) in [6.07, 6.45) is -4.22. The number of alkyl halides is 3. The zero-order chi connectivity index (χ0) is 14.6. The Morgan fingerprint density at radius 2 is 2.05 bits per heavy atom. The third-order valence-electron chi connectivity index (χ3n) is 2.56. The van der Waals surface area contributed by atoms with E-state index in [4.69, 9.17) is 5.11 Å². The van der Waals surface area contributed by atoms with Crippen molar-refractivity contribution in [1.29, 1.82) is 0 Å². The molecule has 0 aliphatic rings. The third kappa shape index (κ3) is 4.74. The van der Waals surface area contributed by atoms with E-state index in [1.807, 2.05) is 0 Å². The van der Waals surface area contributed by atoms with E-state index in [1.165, 1.54) is 24.1 Å². The molecule has 0 fully saturated rings. The van der Waals surface area contributed by atoms with E-state index in [2.05, 4.69) is 15.9 Å². The van der Waals surface area contributed by atoms with Crippen molar-refractivity contribution in [3.8, 4) is 0 Å². The zero-order valence-electron chi connectivity index (χ0n) is 10.2. The Labute approximate surface area is 117 Å². The summed E-state index contributed by atoms with van der Waals surface area (Å²) in [5.74, 6) is -0.960. The number of carboxylic acid groups (broad SMARTS) is 1. The molecule has 0 aliphatic carbocycles. The van der Waals surface area contributed by atoms with Gasteiger partial charge in [-0.05, 0) is 24.6 Å². The first-order valence-electron chi connectivity index (χ1n) is 5.51. The lowest BCUT2D eigenvalue weighted by molar-refractivity contribution is -0.138. The highest BCUT2D eigenvalue weighted by atomic mass is 79.9. The second kappa shape index (κ2) is 6.27. The molecule has 0 amide bonds. The van der Waals surface area contributed by atoms with Crippen molar-refractivity contribution in [2.24, 2.45) is 0 Å². The van der Waals surface area contributed by atoms with Crippen LogP contribution in [0.3, 0.4) is 0 Å². The van der Waals surface area contributed by atoms with Crippen LogP contribution in [0.15, 0.2) is 22.7 Å². The minimum Gasteiger partial charge on any atom is -0.481 e. The SMILES string of the molecule is CN(CCCC(=O)O)c1cc(Br)ccc1C(F)(F)F. The normalized spacial score (nSPS) is 11.4. The van der Waals surface area contributed by atoms with Gasteiger partial charge in [0.05, 0.1) is 5.56 Å². The first-order chi connectivity index (χ1) is 8.71. The van der Waals surface area contributed by atoms with Crippen molar-refractivity contribution in [2.75, 3.05) is 18.5 Å². The number of carbonyl (C=O) groups is 1. The molecule has 0 atom stereocenters. The fourth-order valence-corrected chi connectivity index (χ4v) is 2.00. The van der Waals surface area contributed by atoms with Crippen LogP contribution in [-0.4, -0.2) is 24.7 Å². The van der Waals surface area contributed by atoms with E-state index in [0.717, 1.165) is 6.07 Å². The molecule has 0 bridgehead atoms. The minimum absolute atomic E-state index is 0.0345. The molecule has 1 aromatic carbocycles. The predicted octanol–water partition coefficient (Wildman–Crippen LogP) is 3.77. The van der Waals surface area contributed by atoms with Crippen molar-refractivity contribution < 1.29 is 23.1 Å². The van der Waals surface area contributed by atoms with E-state index in [9.17, 15) is 18.0 Å². The van der Waals surface area contributed by atoms with E-state index in [-0.39, 0.29) is 25.1 Å². The lowest BCUT2D eigenvalue weighted by Crippen LogP contribution is -2.23. The number of aliphatic carboxylic acids is 1. The van der Waals surface area contributed by atoms with Crippen molar-refractivity contribution in [3.05, 3.63) is 28.2 Å². The number of carboxylic acids is 1. The van der Waals surface area contributed by atoms with Crippen LogP contribution >= 0.6 is 15.9 Å². The maximum atomic E-state index is 12.9. The molecule has 0 aliphatic heterocycles. The van der Waals surface area contributed by atoms with Gasteiger partial charge in [0.1, 0.15) is 0 Å². The third-order valence-corrected chi connectivity index (χ3v) is 3.05. The molecule has 1 aromatic rings. The predicted molar refractivity (Wildman–Crippen MR) is 69.3 cm³/mol. The molecular weight excluding hydrogens is 327 g/mol. The van der Waals surface area contributed by atoms with Gasteiger partial charge in [0.2, 0.25) is 0 Å². The lowest BCUT2D eigenvalue weighted by Gasteiger charge is -2.23. The van der Waals surface area contributed by atoms with Crippen molar-refractivity contribution in [1.82, 2.24) is 0 Å². The van der Waals surface area contributed by atoms with Crippen LogP contribution in [0.25, 0.3) is 0 Å². The van der Waals surface area contributed by atoms with Crippen LogP contribution in [0.1, 0.15) is 18.4 Å². The topological polar surface area (TPSA) is 40.5 Å². The summed E-state index contributed by atoms with van der Waals surface area (Å²) in [5.41, 5.74) is -0.694. The average molecular weight is 340 g/mol. The van der Waals surface area contributed by atoms with E-state index >= 15 is 0 Å². The van der Waals surface area contributed by atoms with Crippen molar-refractivity contribution in [2.45, 2.75) is 19.0 Å². The highest BCUT2D eigenvalue weighted by Gasteiger charge is 2.34. The molecule has 0 radical (unpaired) electrons. The Morgan fingerprint density at radius 3 is 2.58 bits per heavy atom. The summed E-state index contributed by atoms with van der Waals surface area (Å²) in [6, 6.07) is 3.72. The monoisotopic (exact) mass is 339 g/mol. The number of hydrogen-bond donors (Lipinski definition) is 1. The highest BCUT2D eigenvalue weighted by Crippen LogP contribution is 2.37. The number of hydrogen-bond acceptors (Lipinski definition) is 2. The van der Waals surface area contributed by atoms with Gasteiger partial charge in [-0.15, -0.1) is 0 Å². The molecule has 1 N–H and O–H groups in total. The van der Waals surface area contributed by atoms with Crippen LogP contribution in [0, 0.1) is 0 Å². The van der Waals surface area contributed by atoms with E-state index in [0.29, 0.717) is 4.47 Å². The van der Waals surface area contributed by atoms with Gasteiger partial charge in [-0.3, -0.25) is 4.79 Å². The quantitative estimate of drug-likeness (QED) is 0.887. The molecule has 1 rings (SSSR count). The van der Waals surface area contributed by atoms with Gasteiger partial charge in [-0.25, -0.2) is 0 Å². The fourth-order valence-electron chi connectivity index (χ4n) is 1.65. The Hall–Kier alpha value is -1.24. The Kier molecular flexibility index (Phi) is 5.22. The van der Waals surface area contributed by atoms with Gasteiger partial charge in [-0.2, -0.15) is 13.2 Å². The number of rotatable bonds is 5. The molecule has 0 spiro atoms. The molecule has 0 saturated carbocycles. The standard InChI is InChI=1S/C12H13BrF3NO2/c1-17(6-2-3-11(18)19)10-7-8(13)4-5-9(10)12(14,15)16/h4-5,7H,2-3,6H2,1H3,(H,18,19). The smallest absolute Gasteiger partial charge is 0.418 e. The Balaban J connectivity index is 2.91. The average Bonchev–Trinajstić information content (AvgIpc) is 2.26. The number of benzene rings is 1. The molecule has 7 heteroatoms. The highest BCUT2D eigenvalue weighted by molar-refractivity contribution is 9.10. The van der Waals surface area contributed by atoms with Gasteiger partial charge in [0, 0.05) is 30.2 Å². The molecule has 19 heavy (non-hydrogen) atoms. The number of anilines is 1. The van der Waals surface area contributed by atoms with E-state index < -0.39 is 17.7 Å². The fraction of sp³-hybridized carbons (Fsp3) is 0.417. The van der Waals surface area contributed by atoms with Crippen molar-refractivity contribution in [3.63, 3.8) is 0 Å². The summed E-state index contributed by atoms with van der Waals surface area (Å²) >= 11 is 3.13. The molecule has 0 saturated heterocycles. The van der Waals surface area contributed by atoms with Gasteiger partial charge < -0.3 is 10.0 Å². The number of halogens is 4.